The monoisotopic (exact) mass is 532 g/mol. The number of benzene rings is 1. The standard InChI is InChI=1S/C28H37ClN2O6/c1-16-8-7-9-21(34-5)19-15-22(36-27(33)30-19)17(2)26-28(3,37-26)11-10-24(32)31(4)20-13-18(12-16)14-23(35-6)25(20)29/h7-9,13-14,17,19,21-22,26H,10-12,15H2,1-6H3,(H,30,33)/b9-7+,16-8+/t17-,19?,21-,22+,26?,28?/m1/s1. The van der Waals surface area contributed by atoms with Gasteiger partial charge >= 0.3 is 6.09 Å². The number of epoxide rings is 1. The number of fused-ring (bicyclic) bond motifs is 5. The highest BCUT2D eigenvalue weighted by Gasteiger charge is 2.57. The van der Waals surface area contributed by atoms with Crippen molar-refractivity contribution in [1.29, 1.82) is 0 Å². The summed E-state index contributed by atoms with van der Waals surface area (Å²) in [6.45, 7) is 6.08. The first-order valence-electron chi connectivity index (χ1n) is 12.7. The van der Waals surface area contributed by atoms with Gasteiger partial charge in [0.05, 0.1) is 36.6 Å². The summed E-state index contributed by atoms with van der Waals surface area (Å²) in [5.74, 6) is 0.429. The maximum Gasteiger partial charge on any atom is 0.407 e. The fourth-order valence-electron chi connectivity index (χ4n) is 5.41. The number of anilines is 1. The zero-order valence-corrected chi connectivity index (χ0v) is 23.1. The number of nitrogens with zero attached hydrogens (tertiary/aromatic N) is 1. The number of carbonyl (C=O) groups is 2. The maximum atomic E-state index is 13.2. The molecule has 3 aliphatic heterocycles. The average molecular weight is 533 g/mol. The molecule has 4 bridgehead atoms. The van der Waals surface area contributed by atoms with Gasteiger partial charge in [-0.3, -0.25) is 4.79 Å². The minimum absolute atomic E-state index is 0.0347. The fourth-order valence-corrected chi connectivity index (χ4v) is 5.72. The minimum atomic E-state index is -0.462. The molecule has 1 N–H and O–H groups in total. The number of methoxy groups -OCH3 is 2. The summed E-state index contributed by atoms with van der Waals surface area (Å²) in [4.78, 5) is 27.2. The molecule has 2 saturated heterocycles. The number of nitrogens with one attached hydrogen (secondary N) is 1. The molecule has 2 fully saturated rings. The van der Waals surface area contributed by atoms with Gasteiger partial charge in [0.15, 0.2) is 0 Å². The van der Waals surface area contributed by atoms with Gasteiger partial charge < -0.3 is 29.2 Å². The number of alkyl carbamates (subject to hydrolysis) is 1. The summed E-state index contributed by atoms with van der Waals surface area (Å²) in [6.07, 6.45) is 6.80. The van der Waals surface area contributed by atoms with Gasteiger partial charge in [-0.2, -0.15) is 0 Å². The molecule has 0 aromatic heterocycles. The molecule has 0 saturated carbocycles. The van der Waals surface area contributed by atoms with Crippen molar-refractivity contribution < 1.29 is 28.5 Å². The average Bonchev–Trinajstić information content (AvgIpc) is 3.55. The second kappa shape index (κ2) is 11.1. The highest BCUT2D eigenvalue weighted by Crippen LogP contribution is 2.47. The van der Waals surface area contributed by atoms with Crippen molar-refractivity contribution in [3.63, 3.8) is 0 Å². The molecular formula is C28H37ClN2O6. The van der Waals surface area contributed by atoms with E-state index in [1.54, 1.807) is 26.2 Å². The summed E-state index contributed by atoms with van der Waals surface area (Å²) >= 11 is 6.62. The lowest BCUT2D eigenvalue weighted by molar-refractivity contribution is -0.118. The van der Waals surface area contributed by atoms with E-state index in [9.17, 15) is 9.59 Å². The van der Waals surface area contributed by atoms with Crippen molar-refractivity contribution in [2.24, 2.45) is 5.92 Å². The van der Waals surface area contributed by atoms with Crippen LogP contribution in [-0.2, 0) is 25.4 Å². The van der Waals surface area contributed by atoms with Crippen LogP contribution in [0.3, 0.4) is 0 Å². The molecule has 0 aliphatic carbocycles. The lowest BCUT2D eigenvalue weighted by Gasteiger charge is -2.35. The molecule has 3 aliphatic rings. The molecule has 1 aromatic rings. The Morgan fingerprint density at radius 2 is 2.00 bits per heavy atom. The van der Waals surface area contributed by atoms with Crippen molar-refractivity contribution >= 4 is 29.3 Å². The smallest absolute Gasteiger partial charge is 0.407 e. The lowest BCUT2D eigenvalue weighted by Crippen LogP contribution is -2.53. The molecule has 3 heterocycles. The van der Waals surface area contributed by atoms with E-state index in [1.807, 2.05) is 51.1 Å². The predicted molar refractivity (Wildman–Crippen MR) is 142 cm³/mol. The number of ether oxygens (including phenoxy) is 4. The number of halogens is 1. The number of hydrogen-bond acceptors (Lipinski definition) is 6. The number of carbonyl (C=O) groups excluding carboxylic acids is 2. The van der Waals surface area contributed by atoms with Crippen LogP contribution in [0.15, 0.2) is 35.9 Å². The van der Waals surface area contributed by atoms with E-state index in [2.05, 4.69) is 5.32 Å². The lowest BCUT2D eigenvalue weighted by atomic mass is 9.86. The van der Waals surface area contributed by atoms with Crippen molar-refractivity contribution in [2.75, 3.05) is 26.2 Å². The van der Waals surface area contributed by atoms with Crippen LogP contribution in [0, 0.1) is 5.92 Å². The zero-order chi connectivity index (χ0) is 26.9. The third-order valence-corrected chi connectivity index (χ3v) is 8.14. The summed E-state index contributed by atoms with van der Waals surface area (Å²) in [6, 6.07) is 3.61. The van der Waals surface area contributed by atoms with E-state index in [0.717, 1.165) is 11.1 Å². The molecule has 0 radical (unpaired) electrons. The molecule has 4 rings (SSSR count). The van der Waals surface area contributed by atoms with Gasteiger partial charge in [-0.25, -0.2) is 4.79 Å². The van der Waals surface area contributed by atoms with Crippen LogP contribution in [0.25, 0.3) is 0 Å². The molecule has 2 amide bonds. The molecule has 9 heteroatoms. The quantitative estimate of drug-likeness (QED) is 0.549. The molecule has 6 atom stereocenters. The van der Waals surface area contributed by atoms with Gasteiger partial charge in [-0.1, -0.05) is 42.3 Å². The van der Waals surface area contributed by atoms with Crippen molar-refractivity contribution in [1.82, 2.24) is 5.32 Å². The Morgan fingerprint density at radius 3 is 2.70 bits per heavy atom. The first-order valence-corrected chi connectivity index (χ1v) is 13.1. The van der Waals surface area contributed by atoms with Gasteiger partial charge in [0, 0.05) is 32.9 Å². The number of hydrogen-bond donors (Lipinski definition) is 1. The largest absolute Gasteiger partial charge is 0.495 e. The van der Waals surface area contributed by atoms with Gasteiger partial charge in [-0.15, -0.1) is 0 Å². The second-order valence-electron chi connectivity index (χ2n) is 10.5. The Hall–Kier alpha value is -2.55. The van der Waals surface area contributed by atoms with Crippen molar-refractivity contribution in [2.45, 2.75) is 76.4 Å². The second-order valence-corrected chi connectivity index (χ2v) is 10.9. The highest BCUT2D eigenvalue weighted by atomic mass is 35.5. The van der Waals surface area contributed by atoms with Crippen LogP contribution in [0.5, 0.6) is 5.75 Å². The topological polar surface area (TPSA) is 89.6 Å². The molecule has 0 spiro atoms. The maximum absolute atomic E-state index is 13.2. The zero-order valence-electron chi connectivity index (χ0n) is 22.4. The number of allylic oxidation sites excluding steroid dienone is 3. The van der Waals surface area contributed by atoms with E-state index in [-0.39, 0.29) is 36.2 Å². The molecule has 202 valence electrons. The first kappa shape index (κ1) is 27.5. The van der Waals surface area contributed by atoms with Crippen LogP contribution >= 0.6 is 11.6 Å². The van der Waals surface area contributed by atoms with E-state index in [1.165, 1.54) is 0 Å². The third-order valence-electron chi connectivity index (χ3n) is 7.76. The van der Waals surface area contributed by atoms with Crippen LogP contribution in [0.4, 0.5) is 10.5 Å². The third kappa shape index (κ3) is 5.97. The predicted octanol–water partition coefficient (Wildman–Crippen LogP) is 4.83. The van der Waals surface area contributed by atoms with Crippen LogP contribution in [-0.4, -0.2) is 63.2 Å². The van der Waals surface area contributed by atoms with Crippen LogP contribution in [0.2, 0.25) is 5.02 Å². The summed E-state index contributed by atoms with van der Waals surface area (Å²) in [5, 5.41) is 3.31. The molecule has 37 heavy (non-hydrogen) atoms. The first-order chi connectivity index (χ1) is 17.6. The fraction of sp³-hybridized carbons (Fsp3) is 0.571. The van der Waals surface area contributed by atoms with Gasteiger partial charge in [0.2, 0.25) is 5.91 Å². The molecule has 8 nitrogen and oxygen atoms in total. The Balaban J connectivity index is 1.68. The number of rotatable bonds is 2. The minimum Gasteiger partial charge on any atom is -0.495 e. The molecular weight excluding hydrogens is 496 g/mol. The van der Waals surface area contributed by atoms with Crippen LogP contribution < -0.4 is 15.0 Å². The Bertz CT molecular complexity index is 1100. The summed E-state index contributed by atoms with van der Waals surface area (Å²) in [5.41, 5.74) is 2.22. The van der Waals surface area contributed by atoms with E-state index in [4.69, 9.17) is 30.5 Å². The molecule has 1 aromatic carbocycles. The Kier molecular flexibility index (Phi) is 8.21. The van der Waals surface area contributed by atoms with Gasteiger partial charge in [0.1, 0.15) is 16.9 Å². The van der Waals surface area contributed by atoms with E-state index >= 15 is 0 Å². The summed E-state index contributed by atoms with van der Waals surface area (Å²) in [7, 11) is 4.94. The summed E-state index contributed by atoms with van der Waals surface area (Å²) < 4.78 is 23.0. The van der Waals surface area contributed by atoms with Crippen LogP contribution in [0.1, 0.15) is 45.6 Å². The number of amides is 2. The van der Waals surface area contributed by atoms with E-state index in [0.29, 0.717) is 42.1 Å². The van der Waals surface area contributed by atoms with Gasteiger partial charge in [-0.05, 0) is 44.4 Å². The SMILES string of the molecule is COc1cc2cc(c1Cl)N(C)C(=O)CCC1(C)OC1[C@H](C)[C@@H]1CC(NC(=O)O1)[C@H](OC)/C=C/C=C(\C)C2. The van der Waals surface area contributed by atoms with Crippen molar-refractivity contribution in [3.05, 3.63) is 46.5 Å². The normalized spacial score (nSPS) is 34.9. The van der Waals surface area contributed by atoms with Gasteiger partial charge in [0.25, 0.3) is 0 Å². The highest BCUT2D eigenvalue weighted by molar-refractivity contribution is 6.35. The Morgan fingerprint density at radius 1 is 1.24 bits per heavy atom. The van der Waals surface area contributed by atoms with E-state index < -0.39 is 11.7 Å². The van der Waals surface area contributed by atoms with Crippen molar-refractivity contribution in [3.8, 4) is 5.75 Å². The molecule has 3 unspecified atom stereocenters. The Labute approximate surface area is 223 Å².